The van der Waals surface area contributed by atoms with Crippen molar-refractivity contribution in [2.24, 2.45) is 5.14 Å². The zero-order valence-electron chi connectivity index (χ0n) is 13.1. The number of primary sulfonamides is 1. The van der Waals surface area contributed by atoms with E-state index in [1.165, 1.54) is 24.3 Å². The number of benzene rings is 2. The number of esters is 1. The van der Waals surface area contributed by atoms with E-state index in [4.69, 9.17) is 31.0 Å². The van der Waals surface area contributed by atoms with Crippen molar-refractivity contribution in [2.45, 2.75) is 4.90 Å². The van der Waals surface area contributed by atoms with Crippen LogP contribution in [0.3, 0.4) is 0 Å². The third kappa shape index (κ3) is 6.26. The summed E-state index contributed by atoms with van der Waals surface area (Å²) < 4.78 is 37.8. The first-order valence-corrected chi connectivity index (χ1v) is 9.07. The molecule has 2 aromatic carbocycles. The predicted molar refractivity (Wildman–Crippen MR) is 91.2 cm³/mol. The molecule has 2 aromatic rings. The fourth-order valence-corrected chi connectivity index (χ4v) is 2.49. The van der Waals surface area contributed by atoms with Crippen LogP contribution >= 0.6 is 11.6 Å². The second-order valence-corrected chi connectivity index (χ2v) is 6.77. The highest BCUT2D eigenvalue weighted by Crippen LogP contribution is 2.22. The number of sulfonamides is 1. The molecule has 0 atom stereocenters. The smallest absolute Gasteiger partial charge is 0.344 e. The molecule has 0 radical (unpaired) electrons. The number of carbonyl (C=O) groups excluding carboxylic acids is 1. The molecule has 25 heavy (non-hydrogen) atoms. The van der Waals surface area contributed by atoms with Gasteiger partial charge in [-0.1, -0.05) is 23.7 Å². The molecule has 0 amide bonds. The van der Waals surface area contributed by atoms with Crippen molar-refractivity contribution in [1.29, 1.82) is 0 Å². The van der Waals surface area contributed by atoms with Gasteiger partial charge in [0.2, 0.25) is 10.0 Å². The van der Waals surface area contributed by atoms with E-state index in [-0.39, 0.29) is 24.7 Å². The molecular formula is C16H16ClNO6S. The first-order valence-electron chi connectivity index (χ1n) is 7.15. The Kier molecular flexibility index (Phi) is 6.63. The van der Waals surface area contributed by atoms with Gasteiger partial charge in [0.1, 0.15) is 24.7 Å². The van der Waals surface area contributed by atoms with Gasteiger partial charge in [-0.05, 0) is 36.4 Å². The van der Waals surface area contributed by atoms with Crippen molar-refractivity contribution in [2.75, 3.05) is 19.8 Å². The lowest BCUT2D eigenvalue weighted by Gasteiger charge is -2.09. The maximum atomic E-state index is 11.6. The lowest BCUT2D eigenvalue weighted by molar-refractivity contribution is -0.146. The Morgan fingerprint density at radius 3 is 2.32 bits per heavy atom. The summed E-state index contributed by atoms with van der Waals surface area (Å²) >= 11 is 5.90. The van der Waals surface area contributed by atoms with Crippen LogP contribution < -0.4 is 14.6 Å². The lowest BCUT2D eigenvalue weighted by Crippen LogP contribution is -2.18. The van der Waals surface area contributed by atoms with Gasteiger partial charge in [-0.15, -0.1) is 0 Å². The van der Waals surface area contributed by atoms with Crippen LogP contribution in [-0.2, 0) is 19.6 Å². The molecule has 0 fully saturated rings. The first kappa shape index (κ1) is 19.0. The SMILES string of the molecule is NS(=O)(=O)c1ccc(OCCOC(=O)COc2ccccc2Cl)cc1. The minimum absolute atomic E-state index is 0.0111. The molecular weight excluding hydrogens is 370 g/mol. The van der Waals surface area contributed by atoms with E-state index in [1.807, 2.05) is 0 Å². The molecule has 134 valence electrons. The highest BCUT2D eigenvalue weighted by atomic mass is 35.5. The van der Waals surface area contributed by atoms with E-state index in [0.29, 0.717) is 16.5 Å². The number of hydrogen-bond acceptors (Lipinski definition) is 6. The summed E-state index contributed by atoms with van der Waals surface area (Å²) in [5, 5.41) is 5.40. The Hall–Kier alpha value is -2.29. The van der Waals surface area contributed by atoms with E-state index in [9.17, 15) is 13.2 Å². The summed E-state index contributed by atoms with van der Waals surface area (Å²) in [6, 6.07) is 12.4. The normalized spacial score (nSPS) is 11.0. The van der Waals surface area contributed by atoms with Crippen molar-refractivity contribution in [1.82, 2.24) is 0 Å². The largest absolute Gasteiger partial charge is 0.490 e. The molecule has 2 N–H and O–H groups in total. The van der Waals surface area contributed by atoms with Crippen LogP contribution in [0.1, 0.15) is 0 Å². The molecule has 0 saturated carbocycles. The van der Waals surface area contributed by atoms with Crippen LogP contribution in [-0.4, -0.2) is 34.2 Å². The molecule has 0 aliphatic rings. The second kappa shape index (κ2) is 8.70. The summed E-state index contributed by atoms with van der Waals surface area (Å²) in [5.74, 6) is 0.260. The molecule has 9 heteroatoms. The first-order chi connectivity index (χ1) is 11.9. The van der Waals surface area contributed by atoms with Crippen LogP contribution in [0.25, 0.3) is 0 Å². The number of halogens is 1. The molecule has 0 spiro atoms. The van der Waals surface area contributed by atoms with Gasteiger partial charge < -0.3 is 14.2 Å². The molecule has 0 aromatic heterocycles. The van der Waals surface area contributed by atoms with Crippen LogP contribution in [0.15, 0.2) is 53.4 Å². The third-order valence-electron chi connectivity index (χ3n) is 2.95. The standard InChI is InChI=1S/C16H16ClNO6S/c17-14-3-1-2-4-15(14)24-11-16(19)23-10-9-22-12-5-7-13(8-6-12)25(18,20)21/h1-8H,9-11H2,(H2,18,20,21). The maximum Gasteiger partial charge on any atom is 0.344 e. The average Bonchev–Trinajstić information content (AvgIpc) is 2.57. The van der Waals surface area contributed by atoms with Gasteiger partial charge in [-0.3, -0.25) is 0 Å². The highest BCUT2D eigenvalue weighted by molar-refractivity contribution is 7.89. The number of hydrogen-bond donors (Lipinski definition) is 1. The number of nitrogens with two attached hydrogens (primary N) is 1. The molecule has 0 aliphatic heterocycles. The summed E-state index contributed by atoms with van der Waals surface area (Å²) in [4.78, 5) is 11.6. The monoisotopic (exact) mass is 385 g/mol. The zero-order valence-corrected chi connectivity index (χ0v) is 14.6. The molecule has 2 rings (SSSR count). The van der Waals surface area contributed by atoms with Gasteiger partial charge in [0, 0.05) is 0 Å². The Balaban J connectivity index is 1.69. The minimum atomic E-state index is -3.74. The summed E-state index contributed by atoms with van der Waals surface area (Å²) in [6.07, 6.45) is 0. The molecule has 0 aliphatic carbocycles. The molecule has 7 nitrogen and oxygen atoms in total. The van der Waals surface area contributed by atoms with Gasteiger partial charge in [-0.25, -0.2) is 18.4 Å². The average molecular weight is 386 g/mol. The van der Waals surface area contributed by atoms with Gasteiger partial charge in [-0.2, -0.15) is 0 Å². The van der Waals surface area contributed by atoms with Gasteiger partial charge in [0.05, 0.1) is 9.92 Å². The maximum absolute atomic E-state index is 11.6. The topological polar surface area (TPSA) is 105 Å². The third-order valence-corrected chi connectivity index (χ3v) is 4.19. The van der Waals surface area contributed by atoms with Gasteiger partial charge >= 0.3 is 5.97 Å². The molecule has 0 heterocycles. The van der Waals surface area contributed by atoms with E-state index < -0.39 is 16.0 Å². The van der Waals surface area contributed by atoms with Crippen LogP contribution in [0.4, 0.5) is 0 Å². The summed E-state index contributed by atoms with van der Waals surface area (Å²) in [7, 11) is -3.74. The molecule has 0 unspecified atom stereocenters. The van der Waals surface area contributed by atoms with Crippen molar-refractivity contribution in [3.05, 3.63) is 53.6 Å². The second-order valence-electron chi connectivity index (χ2n) is 4.80. The van der Waals surface area contributed by atoms with Crippen molar-refractivity contribution in [3.63, 3.8) is 0 Å². The summed E-state index contributed by atoms with van der Waals surface area (Å²) in [5.41, 5.74) is 0. The van der Waals surface area contributed by atoms with Crippen LogP contribution in [0.2, 0.25) is 5.02 Å². The fourth-order valence-electron chi connectivity index (χ4n) is 1.78. The van der Waals surface area contributed by atoms with Crippen LogP contribution in [0, 0.1) is 0 Å². The fraction of sp³-hybridized carbons (Fsp3) is 0.188. The Morgan fingerprint density at radius 1 is 1.00 bits per heavy atom. The van der Waals surface area contributed by atoms with Gasteiger partial charge in [0.25, 0.3) is 0 Å². The zero-order chi connectivity index (χ0) is 18.3. The highest BCUT2D eigenvalue weighted by Gasteiger charge is 2.08. The number of carbonyl (C=O) groups is 1. The van der Waals surface area contributed by atoms with Crippen molar-refractivity contribution in [3.8, 4) is 11.5 Å². The lowest BCUT2D eigenvalue weighted by atomic mass is 10.3. The minimum Gasteiger partial charge on any atom is -0.490 e. The van der Waals surface area contributed by atoms with Crippen molar-refractivity contribution < 1.29 is 27.4 Å². The van der Waals surface area contributed by atoms with Crippen molar-refractivity contribution >= 4 is 27.6 Å². The number of para-hydroxylation sites is 1. The predicted octanol–water partition coefficient (Wildman–Crippen LogP) is 1.99. The number of rotatable bonds is 8. The van der Waals surface area contributed by atoms with E-state index >= 15 is 0 Å². The van der Waals surface area contributed by atoms with Gasteiger partial charge in [0.15, 0.2) is 6.61 Å². The Morgan fingerprint density at radius 2 is 1.68 bits per heavy atom. The summed E-state index contributed by atoms with van der Waals surface area (Å²) in [6.45, 7) is -0.152. The van der Waals surface area contributed by atoms with E-state index in [1.54, 1.807) is 24.3 Å². The van der Waals surface area contributed by atoms with E-state index in [0.717, 1.165) is 0 Å². The van der Waals surface area contributed by atoms with E-state index in [2.05, 4.69) is 0 Å². The quantitative estimate of drug-likeness (QED) is 0.550. The Labute approximate surface area is 150 Å². The molecule has 0 bridgehead atoms. The van der Waals surface area contributed by atoms with Crippen LogP contribution in [0.5, 0.6) is 11.5 Å². The Bertz CT molecular complexity index is 823. The molecule has 0 saturated heterocycles. The number of ether oxygens (including phenoxy) is 3.